The van der Waals surface area contributed by atoms with E-state index in [1.807, 2.05) is 13.8 Å². The second kappa shape index (κ2) is 4.28. The van der Waals surface area contributed by atoms with Crippen molar-refractivity contribution in [1.82, 2.24) is 4.37 Å². The van der Waals surface area contributed by atoms with Crippen LogP contribution in [0.2, 0.25) is 0 Å². The fraction of sp³-hybridized carbons (Fsp3) is 0.444. The maximum absolute atomic E-state index is 5.61. The summed E-state index contributed by atoms with van der Waals surface area (Å²) < 4.78 is 4.05. The molecule has 13 heavy (non-hydrogen) atoms. The molecule has 0 saturated heterocycles. The monoisotopic (exact) mass is 197 g/mol. The predicted octanol–water partition coefficient (Wildman–Crippen LogP) is 2.41. The number of hydrogen-bond acceptors (Lipinski definition) is 4. The third kappa shape index (κ3) is 2.73. The Balaban J connectivity index is 2.45. The highest BCUT2D eigenvalue weighted by molar-refractivity contribution is 7.10. The van der Waals surface area contributed by atoms with Gasteiger partial charge in [0.1, 0.15) is 10.8 Å². The lowest BCUT2D eigenvalue weighted by Gasteiger charge is -2.03. The molecule has 0 fully saturated rings. The largest absolute Gasteiger partial charge is 0.383 e. The van der Waals surface area contributed by atoms with Crippen LogP contribution in [0.5, 0.6) is 0 Å². The van der Waals surface area contributed by atoms with E-state index in [0.717, 1.165) is 23.5 Å². The highest BCUT2D eigenvalue weighted by atomic mass is 32.1. The number of anilines is 2. The fourth-order valence-electron chi connectivity index (χ4n) is 0.902. The van der Waals surface area contributed by atoms with E-state index in [9.17, 15) is 0 Å². The first-order valence-electron chi connectivity index (χ1n) is 4.21. The minimum absolute atomic E-state index is 0.628. The van der Waals surface area contributed by atoms with Crippen molar-refractivity contribution in [2.24, 2.45) is 0 Å². The summed E-state index contributed by atoms with van der Waals surface area (Å²) in [4.78, 5) is 0. The van der Waals surface area contributed by atoms with Crippen molar-refractivity contribution in [1.29, 1.82) is 0 Å². The first kappa shape index (κ1) is 10.1. The summed E-state index contributed by atoms with van der Waals surface area (Å²) in [5.74, 6) is 0.628. The summed E-state index contributed by atoms with van der Waals surface area (Å²) in [5, 5.41) is 4.35. The number of nitrogens with two attached hydrogens (primary N) is 1. The lowest BCUT2D eigenvalue weighted by Crippen LogP contribution is -2.01. The van der Waals surface area contributed by atoms with Crippen LogP contribution < -0.4 is 11.1 Å². The molecular weight excluding hydrogens is 182 g/mol. The lowest BCUT2D eigenvalue weighted by atomic mass is 10.2. The van der Waals surface area contributed by atoms with Crippen molar-refractivity contribution in [2.75, 3.05) is 17.6 Å². The number of hydrogen-bond donors (Lipinski definition) is 2. The zero-order chi connectivity index (χ0) is 9.84. The summed E-state index contributed by atoms with van der Waals surface area (Å²) in [7, 11) is 0. The smallest absolute Gasteiger partial charge is 0.142 e. The van der Waals surface area contributed by atoms with Crippen LogP contribution >= 0.6 is 11.5 Å². The Bertz CT molecular complexity index is 304. The van der Waals surface area contributed by atoms with Gasteiger partial charge >= 0.3 is 0 Å². The summed E-state index contributed by atoms with van der Waals surface area (Å²) in [6.45, 7) is 8.74. The Morgan fingerprint density at radius 1 is 1.69 bits per heavy atom. The van der Waals surface area contributed by atoms with Gasteiger partial charge in [0.25, 0.3) is 0 Å². The lowest BCUT2D eigenvalue weighted by molar-refractivity contribution is 1.00. The molecule has 0 radical (unpaired) electrons. The normalized spacial score (nSPS) is 10.0. The minimum atomic E-state index is 0.628. The second-order valence-corrected chi connectivity index (χ2v) is 3.93. The Morgan fingerprint density at radius 2 is 2.38 bits per heavy atom. The molecule has 0 unspecified atom stereocenters. The van der Waals surface area contributed by atoms with Gasteiger partial charge in [-0.05, 0) is 31.8 Å². The van der Waals surface area contributed by atoms with Gasteiger partial charge in [0, 0.05) is 12.1 Å². The average Bonchev–Trinajstić information content (AvgIpc) is 2.35. The summed E-state index contributed by atoms with van der Waals surface area (Å²) in [6.07, 6.45) is 0.983. The summed E-state index contributed by atoms with van der Waals surface area (Å²) in [5.41, 5.74) is 7.84. The van der Waals surface area contributed by atoms with Gasteiger partial charge in [-0.15, -0.1) is 6.58 Å². The van der Waals surface area contributed by atoms with Gasteiger partial charge in [-0.3, -0.25) is 0 Å². The Hall–Kier alpha value is -1.03. The summed E-state index contributed by atoms with van der Waals surface area (Å²) >= 11 is 1.41. The topological polar surface area (TPSA) is 50.9 Å². The third-order valence-electron chi connectivity index (χ3n) is 1.80. The van der Waals surface area contributed by atoms with Gasteiger partial charge in [0.05, 0.1) is 0 Å². The van der Waals surface area contributed by atoms with Crippen LogP contribution in [0.4, 0.5) is 10.8 Å². The molecule has 1 aromatic heterocycles. The number of rotatable bonds is 4. The molecular formula is C9H15N3S. The molecule has 0 aliphatic heterocycles. The van der Waals surface area contributed by atoms with Crippen LogP contribution in [0.15, 0.2) is 12.2 Å². The molecule has 0 aromatic carbocycles. The van der Waals surface area contributed by atoms with Gasteiger partial charge in [-0.2, -0.15) is 4.37 Å². The van der Waals surface area contributed by atoms with Crippen molar-refractivity contribution < 1.29 is 0 Å². The SMILES string of the molecule is C=C(C)CCNc1snc(N)c1C. The van der Waals surface area contributed by atoms with Gasteiger partial charge in [0.15, 0.2) is 0 Å². The molecule has 0 atom stereocenters. The Kier molecular flexibility index (Phi) is 3.31. The fourth-order valence-corrected chi connectivity index (χ4v) is 1.64. The third-order valence-corrected chi connectivity index (χ3v) is 2.72. The standard InChI is InChI=1S/C9H15N3S/c1-6(2)4-5-11-9-7(3)8(10)12-13-9/h11H,1,4-5H2,2-3H3,(H2,10,12). The van der Waals surface area contributed by atoms with Crippen molar-refractivity contribution >= 4 is 22.4 Å². The molecule has 0 aliphatic rings. The van der Waals surface area contributed by atoms with Crippen molar-refractivity contribution in [3.05, 3.63) is 17.7 Å². The van der Waals surface area contributed by atoms with E-state index < -0.39 is 0 Å². The number of nitrogen functional groups attached to an aromatic ring is 1. The van der Waals surface area contributed by atoms with Crippen molar-refractivity contribution in [2.45, 2.75) is 20.3 Å². The molecule has 1 rings (SSSR count). The molecule has 3 N–H and O–H groups in total. The van der Waals surface area contributed by atoms with E-state index in [4.69, 9.17) is 5.73 Å². The van der Waals surface area contributed by atoms with E-state index in [-0.39, 0.29) is 0 Å². The highest BCUT2D eigenvalue weighted by Gasteiger charge is 2.04. The van der Waals surface area contributed by atoms with Crippen LogP contribution in [0.1, 0.15) is 18.9 Å². The van der Waals surface area contributed by atoms with Crippen LogP contribution in [0.25, 0.3) is 0 Å². The molecule has 3 nitrogen and oxygen atoms in total. The van der Waals surface area contributed by atoms with E-state index in [1.54, 1.807) is 0 Å². The second-order valence-electron chi connectivity index (χ2n) is 3.16. The van der Waals surface area contributed by atoms with Crippen LogP contribution in [0.3, 0.4) is 0 Å². The molecule has 1 aromatic rings. The van der Waals surface area contributed by atoms with Crippen LogP contribution in [0, 0.1) is 6.92 Å². The molecule has 0 aliphatic carbocycles. The quantitative estimate of drug-likeness (QED) is 0.729. The van der Waals surface area contributed by atoms with Crippen molar-refractivity contribution in [3.63, 3.8) is 0 Å². The molecule has 72 valence electrons. The van der Waals surface area contributed by atoms with Gasteiger partial charge in [-0.25, -0.2) is 0 Å². The predicted molar refractivity (Wildman–Crippen MR) is 59.2 cm³/mol. The first-order chi connectivity index (χ1) is 6.11. The number of nitrogens with zero attached hydrogens (tertiary/aromatic N) is 1. The molecule has 0 bridgehead atoms. The zero-order valence-corrected chi connectivity index (χ0v) is 8.87. The summed E-state index contributed by atoms with van der Waals surface area (Å²) in [6, 6.07) is 0. The Labute approximate surface area is 82.8 Å². The average molecular weight is 197 g/mol. The molecule has 0 saturated carbocycles. The Morgan fingerprint density at radius 3 is 2.85 bits per heavy atom. The van der Waals surface area contributed by atoms with Gasteiger partial charge in [-0.1, -0.05) is 5.57 Å². The molecule has 4 heteroatoms. The number of aromatic nitrogens is 1. The van der Waals surface area contributed by atoms with E-state index >= 15 is 0 Å². The van der Waals surface area contributed by atoms with Crippen molar-refractivity contribution in [3.8, 4) is 0 Å². The maximum Gasteiger partial charge on any atom is 0.142 e. The van der Waals surface area contributed by atoms with Crippen LogP contribution in [-0.4, -0.2) is 10.9 Å². The highest BCUT2D eigenvalue weighted by Crippen LogP contribution is 2.25. The van der Waals surface area contributed by atoms with Gasteiger partial charge in [0.2, 0.25) is 0 Å². The van der Waals surface area contributed by atoms with Gasteiger partial charge < -0.3 is 11.1 Å². The number of nitrogens with one attached hydrogen (secondary N) is 1. The van der Waals surface area contributed by atoms with Crippen LogP contribution in [-0.2, 0) is 0 Å². The van der Waals surface area contributed by atoms with E-state index in [0.29, 0.717) is 5.82 Å². The minimum Gasteiger partial charge on any atom is -0.383 e. The van der Waals surface area contributed by atoms with E-state index in [2.05, 4.69) is 16.3 Å². The maximum atomic E-state index is 5.61. The molecule has 0 spiro atoms. The zero-order valence-electron chi connectivity index (χ0n) is 8.05. The first-order valence-corrected chi connectivity index (χ1v) is 4.98. The molecule has 1 heterocycles. The van der Waals surface area contributed by atoms with E-state index in [1.165, 1.54) is 17.1 Å². The molecule has 0 amide bonds.